The predicted octanol–water partition coefficient (Wildman–Crippen LogP) is 1.75. The second-order valence-corrected chi connectivity index (χ2v) is 7.17. The third kappa shape index (κ3) is 2.79. The van der Waals surface area contributed by atoms with Crippen LogP contribution in [-0.4, -0.2) is 61.5 Å². The van der Waals surface area contributed by atoms with Crippen molar-refractivity contribution in [1.29, 1.82) is 0 Å². The van der Waals surface area contributed by atoms with Gasteiger partial charge in [-0.1, -0.05) is 6.07 Å². The minimum atomic E-state index is -0.299. The maximum Gasteiger partial charge on any atom is 0.416 e. The molecule has 1 unspecified atom stereocenters. The lowest BCUT2D eigenvalue weighted by atomic mass is 10.1. The number of rotatable bonds is 0. The van der Waals surface area contributed by atoms with E-state index < -0.39 is 0 Å². The fraction of sp³-hybridized carbons (Fsp3) is 0.500. The number of amides is 1. The third-order valence-corrected chi connectivity index (χ3v) is 5.39. The SMILES string of the molecule is CC1CN(C(=O)OC2=NCN3CCSc4cccc2c43)CCN1. The summed E-state index contributed by atoms with van der Waals surface area (Å²) in [5.41, 5.74) is 2.09. The van der Waals surface area contributed by atoms with Crippen LogP contribution in [0.15, 0.2) is 28.1 Å². The summed E-state index contributed by atoms with van der Waals surface area (Å²) in [6.45, 7) is 5.75. The predicted molar refractivity (Wildman–Crippen MR) is 91.4 cm³/mol. The fourth-order valence-electron chi connectivity index (χ4n) is 3.22. The number of carbonyl (C=O) groups is 1. The first-order valence-electron chi connectivity index (χ1n) is 7.98. The molecule has 1 amide bonds. The van der Waals surface area contributed by atoms with Crippen molar-refractivity contribution in [3.8, 4) is 0 Å². The van der Waals surface area contributed by atoms with Gasteiger partial charge in [-0.25, -0.2) is 9.79 Å². The highest BCUT2D eigenvalue weighted by atomic mass is 32.2. The van der Waals surface area contributed by atoms with Gasteiger partial charge in [0, 0.05) is 42.9 Å². The number of hydrogen-bond donors (Lipinski definition) is 1. The Hall–Kier alpha value is -1.73. The van der Waals surface area contributed by atoms with Crippen LogP contribution in [0.4, 0.5) is 10.5 Å². The molecule has 3 aliphatic heterocycles. The molecule has 1 aromatic carbocycles. The standard InChI is InChI=1S/C16H20N4O2S/c1-11-9-19(6-5-17-11)16(21)22-15-12-3-2-4-13-14(12)20(10-18-15)7-8-23-13/h2-4,11,17H,5-10H2,1H3. The molecule has 0 bridgehead atoms. The Morgan fingerprint density at radius 1 is 1.43 bits per heavy atom. The summed E-state index contributed by atoms with van der Waals surface area (Å²) < 4.78 is 5.65. The first kappa shape index (κ1) is 14.8. The first-order valence-corrected chi connectivity index (χ1v) is 8.96. The summed E-state index contributed by atoms with van der Waals surface area (Å²) in [5, 5.41) is 3.33. The van der Waals surface area contributed by atoms with Crippen LogP contribution in [0.2, 0.25) is 0 Å². The van der Waals surface area contributed by atoms with Crippen molar-refractivity contribution in [3.63, 3.8) is 0 Å². The fourth-order valence-corrected chi connectivity index (χ4v) is 4.31. The molecular formula is C16H20N4O2S. The van der Waals surface area contributed by atoms with Crippen molar-refractivity contribution in [2.75, 3.05) is 43.5 Å². The van der Waals surface area contributed by atoms with E-state index in [0.29, 0.717) is 31.7 Å². The summed E-state index contributed by atoms with van der Waals surface area (Å²) in [6, 6.07) is 6.41. The molecule has 0 saturated carbocycles. The van der Waals surface area contributed by atoms with Gasteiger partial charge < -0.3 is 19.9 Å². The zero-order chi connectivity index (χ0) is 15.8. The van der Waals surface area contributed by atoms with Crippen molar-refractivity contribution in [1.82, 2.24) is 10.2 Å². The van der Waals surface area contributed by atoms with E-state index in [1.165, 1.54) is 4.90 Å². The highest BCUT2D eigenvalue weighted by molar-refractivity contribution is 7.99. The smallest absolute Gasteiger partial charge is 0.391 e. The lowest BCUT2D eigenvalue weighted by molar-refractivity contribution is 0.134. The Labute approximate surface area is 139 Å². The topological polar surface area (TPSA) is 57.2 Å². The zero-order valence-electron chi connectivity index (χ0n) is 13.1. The van der Waals surface area contributed by atoms with E-state index >= 15 is 0 Å². The molecule has 23 heavy (non-hydrogen) atoms. The van der Waals surface area contributed by atoms with E-state index in [1.807, 2.05) is 23.9 Å². The van der Waals surface area contributed by atoms with Gasteiger partial charge >= 0.3 is 6.09 Å². The summed E-state index contributed by atoms with van der Waals surface area (Å²) in [7, 11) is 0. The molecule has 0 radical (unpaired) electrons. The second kappa shape index (κ2) is 6.05. The van der Waals surface area contributed by atoms with Gasteiger partial charge in [-0.3, -0.25) is 0 Å². The quantitative estimate of drug-likeness (QED) is 0.784. The number of aliphatic imine (C=N–C) groups is 1. The number of carbonyl (C=O) groups excluding carboxylic acids is 1. The molecule has 7 heteroatoms. The number of benzene rings is 1. The van der Waals surface area contributed by atoms with Crippen LogP contribution in [0.1, 0.15) is 12.5 Å². The van der Waals surface area contributed by atoms with Crippen LogP contribution >= 0.6 is 11.8 Å². The molecular weight excluding hydrogens is 312 g/mol. The maximum absolute atomic E-state index is 12.4. The second-order valence-electron chi connectivity index (χ2n) is 6.04. The molecule has 1 fully saturated rings. The van der Waals surface area contributed by atoms with Crippen LogP contribution in [-0.2, 0) is 4.74 Å². The van der Waals surface area contributed by atoms with Crippen molar-refractivity contribution in [2.24, 2.45) is 4.99 Å². The van der Waals surface area contributed by atoms with E-state index in [0.717, 1.165) is 30.1 Å². The number of nitrogens with one attached hydrogen (secondary N) is 1. The van der Waals surface area contributed by atoms with Gasteiger partial charge in [0.1, 0.15) is 6.67 Å². The van der Waals surface area contributed by atoms with Gasteiger partial charge in [-0.05, 0) is 19.1 Å². The minimum absolute atomic E-state index is 0.293. The number of anilines is 1. The zero-order valence-corrected chi connectivity index (χ0v) is 13.9. The molecule has 3 aliphatic rings. The van der Waals surface area contributed by atoms with E-state index in [2.05, 4.69) is 28.2 Å². The molecule has 1 atom stereocenters. The summed E-state index contributed by atoms with van der Waals surface area (Å²) in [6.07, 6.45) is -0.299. The van der Waals surface area contributed by atoms with Gasteiger partial charge in [0.2, 0.25) is 5.90 Å². The normalized spacial score (nSPS) is 23.2. The molecule has 1 N–H and O–H groups in total. The van der Waals surface area contributed by atoms with Gasteiger partial charge in [-0.2, -0.15) is 0 Å². The third-order valence-electron chi connectivity index (χ3n) is 4.36. The molecule has 4 rings (SSSR count). The Balaban J connectivity index is 1.56. The van der Waals surface area contributed by atoms with Crippen LogP contribution in [0.5, 0.6) is 0 Å². The number of hydrogen-bond acceptors (Lipinski definition) is 6. The van der Waals surface area contributed by atoms with Crippen LogP contribution in [0.3, 0.4) is 0 Å². The first-order chi connectivity index (χ1) is 11.2. The number of piperazine rings is 1. The molecule has 122 valence electrons. The average molecular weight is 332 g/mol. The van der Waals surface area contributed by atoms with Crippen LogP contribution in [0, 0.1) is 0 Å². The molecule has 6 nitrogen and oxygen atoms in total. The average Bonchev–Trinajstić information content (AvgIpc) is 2.57. The van der Waals surface area contributed by atoms with Gasteiger partial charge in [0.25, 0.3) is 0 Å². The summed E-state index contributed by atoms with van der Waals surface area (Å²) in [5.74, 6) is 1.52. The summed E-state index contributed by atoms with van der Waals surface area (Å²) >= 11 is 1.85. The molecule has 1 saturated heterocycles. The monoisotopic (exact) mass is 332 g/mol. The highest BCUT2D eigenvalue weighted by Crippen LogP contribution is 2.39. The van der Waals surface area contributed by atoms with Gasteiger partial charge in [-0.15, -0.1) is 11.8 Å². The largest absolute Gasteiger partial charge is 0.416 e. The van der Waals surface area contributed by atoms with Gasteiger partial charge in [0.05, 0.1) is 11.3 Å². The lowest BCUT2D eigenvalue weighted by Crippen LogP contribution is -2.52. The Kier molecular flexibility index (Phi) is 3.90. The minimum Gasteiger partial charge on any atom is -0.391 e. The van der Waals surface area contributed by atoms with Crippen molar-refractivity contribution in [3.05, 3.63) is 23.8 Å². The summed E-state index contributed by atoms with van der Waals surface area (Å²) in [4.78, 5) is 22.2. The van der Waals surface area contributed by atoms with Crippen LogP contribution < -0.4 is 10.2 Å². The van der Waals surface area contributed by atoms with E-state index in [1.54, 1.807) is 4.90 Å². The number of ether oxygens (including phenoxy) is 1. The maximum atomic E-state index is 12.4. The van der Waals surface area contributed by atoms with E-state index in [-0.39, 0.29) is 6.09 Å². The Morgan fingerprint density at radius 2 is 2.35 bits per heavy atom. The highest BCUT2D eigenvalue weighted by Gasteiger charge is 2.30. The lowest BCUT2D eigenvalue weighted by Gasteiger charge is -2.35. The van der Waals surface area contributed by atoms with Crippen molar-refractivity contribution < 1.29 is 9.53 Å². The van der Waals surface area contributed by atoms with Crippen molar-refractivity contribution >= 4 is 29.4 Å². The van der Waals surface area contributed by atoms with Crippen LogP contribution in [0.25, 0.3) is 0 Å². The Morgan fingerprint density at radius 3 is 3.22 bits per heavy atom. The number of thioether (sulfide) groups is 1. The number of para-hydroxylation sites is 1. The molecule has 3 heterocycles. The molecule has 0 spiro atoms. The molecule has 0 aliphatic carbocycles. The van der Waals surface area contributed by atoms with E-state index in [9.17, 15) is 4.79 Å². The number of nitrogens with zero attached hydrogens (tertiary/aromatic N) is 3. The van der Waals surface area contributed by atoms with Gasteiger partial charge in [0.15, 0.2) is 0 Å². The van der Waals surface area contributed by atoms with Crippen molar-refractivity contribution in [2.45, 2.75) is 17.9 Å². The molecule has 0 aromatic heterocycles. The molecule has 1 aromatic rings. The Bertz CT molecular complexity index is 663. The van der Waals surface area contributed by atoms with E-state index in [4.69, 9.17) is 4.74 Å².